The molecule has 0 spiro atoms. The van der Waals surface area contributed by atoms with Crippen LogP contribution in [0.4, 0.5) is 5.69 Å². The molecule has 0 heterocycles. The van der Waals surface area contributed by atoms with Crippen molar-refractivity contribution in [1.29, 1.82) is 0 Å². The lowest BCUT2D eigenvalue weighted by Crippen LogP contribution is -2.10. The fourth-order valence-corrected chi connectivity index (χ4v) is 1.35. The van der Waals surface area contributed by atoms with E-state index in [0.29, 0.717) is 5.56 Å². The Labute approximate surface area is 95.1 Å². The first-order valence-electron chi connectivity index (χ1n) is 3.81. The average molecular weight is 249 g/mol. The Bertz CT molecular complexity index is 407. The number of hydrogen-bond donors (Lipinski definition) is 1. The highest BCUT2D eigenvalue weighted by Gasteiger charge is 2.15. The molecule has 0 aliphatic carbocycles. The smallest absolute Gasteiger partial charge is 0.270 e. The number of alkyl halides is 2. The zero-order valence-electron chi connectivity index (χ0n) is 7.30. The molecule has 1 aromatic rings. The Balaban J connectivity index is 3.15. The van der Waals surface area contributed by atoms with E-state index in [1.165, 1.54) is 24.3 Å². The predicted octanol–water partition coefficient (Wildman–Crippen LogP) is 2.58. The molecule has 0 unspecified atom stereocenters. The van der Waals surface area contributed by atoms with Gasteiger partial charge in [0.15, 0.2) is 4.84 Å². The first-order valence-corrected chi connectivity index (χ1v) is 4.68. The Morgan fingerprint density at radius 2 is 2.20 bits per heavy atom. The number of rotatable bonds is 3. The van der Waals surface area contributed by atoms with Crippen molar-refractivity contribution >= 4 is 34.6 Å². The third kappa shape index (κ3) is 2.81. The molecule has 0 amide bonds. The Hall–Kier alpha value is -1.33. The fourth-order valence-electron chi connectivity index (χ4n) is 1.01. The van der Waals surface area contributed by atoms with Gasteiger partial charge in [-0.15, -0.1) is 0 Å². The van der Waals surface area contributed by atoms with Crippen LogP contribution in [0.25, 0.3) is 0 Å². The Morgan fingerprint density at radius 1 is 1.53 bits per heavy atom. The highest BCUT2D eigenvalue weighted by Crippen LogP contribution is 2.18. The molecule has 0 aliphatic heterocycles. The molecule has 0 saturated carbocycles. The monoisotopic (exact) mass is 248 g/mol. The van der Waals surface area contributed by atoms with Crippen LogP contribution < -0.4 is 0 Å². The summed E-state index contributed by atoms with van der Waals surface area (Å²) in [5, 5.41) is 22.0. The third-order valence-electron chi connectivity index (χ3n) is 1.67. The number of hydrogen-bond acceptors (Lipinski definition) is 4. The van der Waals surface area contributed by atoms with Crippen molar-refractivity contribution < 1.29 is 10.1 Å². The van der Waals surface area contributed by atoms with Gasteiger partial charge >= 0.3 is 0 Å². The van der Waals surface area contributed by atoms with E-state index in [-0.39, 0.29) is 11.4 Å². The summed E-state index contributed by atoms with van der Waals surface area (Å²) < 4.78 is 0. The van der Waals surface area contributed by atoms with Gasteiger partial charge < -0.3 is 5.21 Å². The van der Waals surface area contributed by atoms with Crippen LogP contribution in [0.15, 0.2) is 29.4 Å². The van der Waals surface area contributed by atoms with Crippen molar-refractivity contribution in [3.63, 3.8) is 0 Å². The summed E-state index contributed by atoms with van der Waals surface area (Å²) in [4.78, 5) is 8.87. The molecule has 0 saturated heterocycles. The lowest BCUT2D eigenvalue weighted by molar-refractivity contribution is -0.384. The van der Waals surface area contributed by atoms with E-state index in [1.54, 1.807) is 0 Å². The topological polar surface area (TPSA) is 75.7 Å². The fraction of sp³-hybridized carbons (Fsp3) is 0.125. The van der Waals surface area contributed by atoms with Gasteiger partial charge in [-0.1, -0.05) is 40.5 Å². The number of nitrogens with zero attached hydrogens (tertiary/aromatic N) is 2. The molecule has 0 radical (unpaired) electrons. The molecular formula is C8H6Cl2N2O3. The van der Waals surface area contributed by atoms with Crippen LogP contribution >= 0.6 is 23.2 Å². The number of non-ortho nitro benzene ring substituents is 1. The molecule has 15 heavy (non-hydrogen) atoms. The van der Waals surface area contributed by atoms with Gasteiger partial charge in [0, 0.05) is 17.7 Å². The third-order valence-corrected chi connectivity index (χ3v) is 2.08. The molecule has 0 fully saturated rings. The maximum atomic E-state index is 10.5. The van der Waals surface area contributed by atoms with Crippen LogP contribution in [0.2, 0.25) is 0 Å². The van der Waals surface area contributed by atoms with Crippen molar-refractivity contribution in [2.75, 3.05) is 0 Å². The maximum absolute atomic E-state index is 10.5. The maximum Gasteiger partial charge on any atom is 0.270 e. The summed E-state index contributed by atoms with van der Waals surface area (Å²) >= 11 is 11.0. The van der Waals surface area contributed by atoms with Crippen LogP contribution in [-0.2, 0) is 0 Å². The largest absolute Gasteiger partial charge is 0.411 e. The second kappa shape index (κ2) is 4.95. The van der Waals surface area contributed by atoms with Crippen LogP contribution in [0.3, 0.4) is 0 Å². The number of nitro groups is 1. The van der Waals surface area contributed by atoms with E-state index in [4.69, 9.17) is 28.4 Å². The summed E-state index contributed by atoms with van der Waals surface area (Å²) in [6.07, 6.45) is 0. The summed E-state index contributed by atoms with van der Waals surface area (Å²) in [7, 11) is 0. The zero-order chi connectivity index (χ0) is 11.4. The second-order valence-corrected chi connectivity index (χ2v) is 3.69. The van der Waals surface area contributed by atoms with Gasteiger partial charge in [-0.05, 0) is 0 Å². The molecule has 5 nitrogen and oxygen atoms in total. The average Bonchev–Trinajstić information content (AvgIpc) is 2.18. The molecule has 0 aromatic heterocycles. The molecule has 80 valence electrons. The Kier molecular flexibility index (Phi) is 3.88. The highest BCUT2D eigenvalue weighted by atomic mass is 35.5. The summed E-state index contributed by atoms with van der Waals surface area (Å²) in [5.74, 6) is 0. The normalized spacial score (nSPS) is 11.8. The zero-order valence-corrected chi connectivity index (χ0v) is 8.81. The van der Waals surface area contributed by atoms with Crippen molar-refractivity contribution in [2.24, 2.45) is 5.16 Å². The van der Waals surface area contributed by atoms with Crippen molar-refractivity contribution in [3.8, 4) is 0 Å². The van der Waals surface area contributed by atoms with E-state index in [2.05, 4.69) is 5.16 Å². The van der Waals surface area contributed by atoms with E-state index < -0.39 is 9.76 Å². The van der Waals surface area contributed by atoms with Crippen LogP contribution in [0.5, 0.6) is 0 Å². The van der Waals surface area contributed by atoms with Gasteiger partial charge in [-0.3, -0.25) is 10.1 Å². The van der Waals surface area contributed by atoms with Crippen molar-refractivity contribution in [2.45, 2.75) is 4.84 Å². The van der Waals surface area contributed by atoms with E-state index in [1.807, 2.05) is 0 Å². The molecule has 1 aromatic carbocycles. The lowest BCUT2D eigenvalue weighted by atomic mass is 10.1. The van der Waals surface area contributed by atoms with Gasteiger partial charge in [-0.25, -0.2) is 0 Å². The van der Waals surface area contributed by atoms with Gasteiger partial charge in [0.05, 0.1) is 4.92 Å². The molecule has 7 heteroatoms. The second-order valence-electron chi connectivity index (χ2n) is 2.59. The minimum absolute atomic E-state index is 0.0259. The van der Waals surface area contributed by atoms with Crippen LogP contribution in [0.1, 0.15) is 5.56 Å². The SMILES string of the molecule is O=[N+]([O-])c1cccc(/C(=N/O)C(Cl)Cl)c1. The molecule has 0 atom stereocenters. The lowest BCUT2D eigenvalue weighted by Gasteiger charge is -2.04. The predicted molar refractivity (Wildman–Crippen MR) is 56.9 cm³/mol. The number of nitro benzene ring substituents is 1. The minimum Gasteiger partial charge on any atom is -0.411 e. The first kappa shape index (κ1) is 11.7. The standard InChI is InChI=1S/C8H6Cl2N2O3/c9-8(10)7(11-13)5-2-1-3-6(4-5)12(14)15/h1-4,8,13H/b11-7-. The number of halogens is 2. The molecular weight excluding hydrogens is 243 g/mol. The number of oxime groups is 1. The van der Waals surface area contributed by atoms with E-state index in [9.17, 15) is 10.1 Å². The summed E-state index contributed by atoms with van der Waals surface area (Å²) in [6.45, 7) is 0. The Morgan fingerprint density at radius 3 is 2.67 bits per heavy atom. The highest BCUT2D eigenvalue weighted by molar-refractivity contribution is 6.56. The van der Waals surface area contributed by atoms with Crippen LogP contribution in [-0.4, -0.2) is 20.7 Å². The quantitative estimate of drug-likeness (QED) is 0.294. The molecule has 0 aliphatic rings. The number of benzene rings is 1. The summed E-state index contributed by atoms with van der Waals surface area (Å²) in [6, 6.07) is 5.51. The van der Waals surface area contributed by atoms with Crippen molar-refractivity contribution in [3.05, 3.63) is 39.9 Å². The molecule has 0 bridgehead atoms. The molecule has 1 N–H and O–H groups in total. The minimum atomic E-state index is -1.04. The van der Waals surface area contributed by atoms with Crippen LogP contribution in [0, 0.1) is 10.1 Å². The van der Waals surface area contributed by atoms with Crippen molar-refractivity contribution in [1.82, 2.24) is 0 Å². The van der Waals surface area contributed by atoms with E-state index >= 15 is 0 Å². The van der Waals surface area contributed by atoms with Gasteiger partial charge in [0.2, 0.25) is 0 Å². The summed E-state index contributed by atoms with van der Waals surface area (Å²) in [5.41, 5.74) is 0.159. The molecule has 1 rings (SSSR count). The van der Waals surface area contributed by atoms with E-state index in [0.717, 1.165) is 0 Å². The first-order chi connectivity index (χ1) is 7.06. The van der Waals surface area contributed by atoms with Gasteiger partial charge in [0.1, 0.15) is 5.71 Å². The van der Waals surface area contributed by atoms with Gasteiger partial charge in [0.25, 0.3) is 5.69 Å². The van der Waals surface area contributed by atoms with Gasteiger partial charge in [-0.2, -0.15) is 0 Å².